The second-order valence-electron chi connectivity index (χ2n) is 1.57. The van der Waals surface area contributed by atoms with Gasteiger partial charge in [-0.2, -0.15) is 0 Å². The van der Waals surface area contributed by atoms with Crippen molar-refractivity contribution in [2.24, 2.45) is 0 Å². The van der Waals surface area contributed by atoms with Crippen molar-refractivity contribution in [2.75, 3.05) is 0 Å². The minimum atomic E-state index is -0.723. The molecule has 2 nitrogen and oxygen atoms in total. The third kappa shape index (κ3) is 3.93. The summed E-state index contributed by atoms with van der Waals surface area (Å²) in [5, 5.41) is 0. The highest BCUT2D eigenvalue weighted by Crippen LogP contribution is 1.98. The van der Waals surface area contributed by atoms with Crippen molar-refractivity contribution < 1.29 is 9.53 Å². The lowest BCUT2D eigenvalue weighted by Gasteiger charge is -2.05. The number of rotatable bonds is 2. The minimum absolute atomic E-state index is 0.0556. The molecule has 0 aromatic heterocycles. The van der Waals surface area contributed by atoms with Gasteiger partial charge in [-0.1, -0.05) is 6.92 Å². The molecule has 0 aromatic carbocycles. The Labute approximate surface area is 53.8 Å². The lowest BCUT2D eigenvalue weighted by atomic mass is 10.3. The van der Waals surface area contributed by atoms with Gasteiger partial charge in [0.1, 0.15) is 6.10 Å². The fraction of sp³-hybridized carbons (Fsp3) is 0.800. The molecule has 0 rings (SSSR count). The molecule has 0 aliphatic heterocycles. The Bertz CT molecular complexity index is 82.5. The lowest BCUT2D eigenvalue weighted by Crippen LogP contribution is -2.07. The Balaban J connectivity index is 3.24. The van der Waals surface area contributed by atoms with Crippen molar-refractivity contribution in [3.05, 3.63) is 0 Å². The molecule has 0 fully saturated rings. The van der Waals surface area contributed by atoms with Gasteiger partial charge >= 0.3 is 5.43 Å². The number of hydrogen-bond acceptors (Lipinski definition) is 2. The molecule has 0 amide bonds. The van der Waals surface area contributed by atoms with Crippen LogP contribution in [0.4, 0.5) is 4.79 Å². The zero-order chi connectivity index (χ0) is 6.57. The molecule has 1 atom stereocenters. The summed E-state index contributed by atoms with van der Waals surface area (Å²) < 4.78 is 4.53. The van der Waals surface area contributed by atoms with E-state index in [0.29, 0.717) is 0 Å². The minimum Gasteiger partial charge on any atom is -0.451 e. The second-order valence-corrected chi connectivity index (χ2v) is 1.88. The molecule has 0 aliphatic carbocycles. The third-order valence-electron chi connectivity index (χ3n) is 0.869. The van der Waals surface area contributed by atoms with E-state index in [1.54, 1.807) is 6.92 Å². The van der Waals surface area contributed by atoms with E-state index in [1.165, 1.54) is 0 Å². The van der Waals surface area contributed by atoms with Crippen molar-refractivity contribution >= 4 is 17.0 Å². The van der Waals surface area contributed by atoms with Crippen LogP contribution in [0.25, 0.3) is 0 Å². The van der Waals surface area contributed by atoms with Crippen LogP contribution in [0.15, 0.2) is 0 Å². The van der Waals surface area contributed by atoms with Gasteiger partial charge in [-0.05, 0) is 13.3 Å². The highest BCUT2D eigenvalue weighted by molar-refractivity contribution is 6.61. The molecular weight excluding hydrogens is 128 g/mol. The molecule has 0 bridgehead atoms. The molecule has 48 valence electrons. The van der Waals surface area contributed by atoms with E-state index in [4.69, 9.17) is 11.6 Å². The molecule has 0 N–H and O–H groups in total. The maximum atomic E-state index is 9.96. The molecule has 0 heterocycles. The topological polar surface area (TPSA) is 26.3 Å². The van der Waals surface area contributed by atoms with Crippen LogP contribution in [0.3, 0.4) is 0 Å². The molecule has 0 unspecified atom stereocenters. The molecule has 0 radical (unpaired) electrons. The van der Waals surface area contributed by atoms with Gasteiger partial charge in [-0.3, -0.25) is 0 Å². The number of hydrogen-bond donors (Lipinski definition) is 0. The number of halogens is 1. The van der Waals surface area contributed by atoms with Crippen molar-refractivity contribution in [3.8, 4) is 0 Å². The van der Waals surface area contributed by atoms with Crippen LogP contribution in [0.5, 0.6) is 0 Å². The van der Waals surface area contributed by atoms with Crippen molar-refractivity contribution in [1.29, 1.82) is 0 Å². The maximum Gasteiger partial charge on any atom is 0.404 e. The number of carbonyl (C=O) groups excluding carboxylic acids is 1. The average molecular weight is 137 g/mol. The Morgan fingerprint density at radius 3 is 2.50 bits per heavy atom. The molecule has 8 heavy (non-hydrogen) atoms. The predicted octanol–water partition coefficient (Wildman–Crippen LogP) is 2.16. The van der Waals surface area contributed by atoms with E-state index in [0.717, 1.165) is 6.42 Å². The summed E-state index contributed by atoms with van der Waals surface area (Å²) in [7, 11) is 0. The van der Waals surface area contributed by atoms with Crippen molar-refractivity contribution in [1.82, 2.24) is 0 Å². The molecule has 3 heteroatoms. The van der Waals surface area contributed by atoms with Gasteiger partial charge in [0.05, 0.1) is 0 Å². The summed E-state index contributed by atoms with van der Waals surface area (Å²) in [6.07, 6.45) is 0.748. The Kier molecular flexibility index (Phi) is 3.61. The molecule has 0 aliphatic rings. The van der Waals surface area contributed by atoms with E-state index < -0.39 is 5.43 Å². The first kappa shape index (κ1) is 7.76. The Morgan fingerprint density at radius 2 is 2.38 bits per heavy atom. The van der Waals surface area contributed by atoms with Crippen LogP contribution in [-0.2, 0) is 4.74 Å². The number of ether oxygens (including phenoxy) is 1. The smallest absolute Gasteiger partial charge is 0.404 e. The summed E-state index contributed by atoms with van der Waals surface area (Å²) in [6.45, 7) is 3.71. The van der Waals surface area contributed by atoms with Gasteiger partial charge in [-0.25, -0.2) is 4.79 Å². The van der Waals surface area contributed by atoms with E-state index in [-0.39, 0.29) is 6.10 Å². The van der Waals surface area contributed by atoms with E-state index >= 15 is 0 Å². The van der Waals surface area contributed by atoms with Crippen LogP contribution < -0.4 is 0 Å². The molecule has 0 spiro atoms. The van der Waals surface area contributed by atoms with E-state index in [9.17, 15) is 4.79 Å². The first-order valence-electron chi connectivity index (χ1n) is 2.53. The molecular formula is C5H9ClO2. The van der Waals surface area contributed by atoms with Gasteiger partial charge in [0.25, 0.3) is 0 Å². The monoisotopic (exact) mass is 136 g/mol. The first-order chi connectivity index (χ1) is 3.66. The SMILES string of the molecule is CC[C@H](C)OC(=O)Cl. The summed E-state index contributed by atoms with van der Waals surface area (Å²) in [5.41, 5.74) is -0.723. The lowest BCUT2D eigenvalue weighted by molar-refractivity contribution is 0.129. The van der Waals surface area contributed by atoms with Crippen LogP contribution in [0.1, 0.15) is 20.3 Å². The highest BCUT2D eigenvalue weighted by atomic mass is 35.5. The van der Waals surface area contributed by atoms with E-state index in [1.807, 2.05) is 6.92 Å². The summed E-state index contributed by atoms with van der Waals surface area (Å²) >= 11 is 4.89. The summed E-state index contributed by atoms with van der Waals surface area (Å²) in [6, 6.07) is 0. The first-order valence-corrected chi connectivity index (χ1v) is 2.90. The van der Waals surface area contributed by atoms with Crippen LogP contribution in [0.2, 0.25) is 0 Å². The van der Waals surface area contributed by atoms with E-state index in [2.05, 4.69) is 4.74 Å². The highest BCUT2D eigenvalue weighted by Gasteiger charge is 2.01. The Morgan fingerprint density at radius 1 is 1.88 bits per heavy atom. The standard InChI is InChI=1S/C5H9ClO2/c1-3-4(2)8-5(6)7/h4H,3H2,1-2H3/t4-/m0/s1. The summed E-state index contributed by atoms with van der Waals surface area (Å²) in [5.74, 6) is 0. The van der Waals surface area contributed by atoms with Crippen LogP contribution in [-0.4, -0.2) is 11.5 Å². The van der Waals surface area contributed by atoms with Gasteiger partial charge in [0.15, 0.2) is 0 Å². The predicted molar refractivity (Wildman–Crippen MR) is 32.1 cm³/mol. The molecule has 0 saturated carbocycles. The van der Waals surface area contributed by atoms with Gasteiger partial charge in [0, 0.05) is 11.6 Å². The normalized spacial score (nSPS) is 12.9. The Hall–Kier alpha value is -0.240. The zero-order valence-corrected chi connectivity index (χ0v) is 5.73. The van der Waals surface area contributed by atoms with Crippen molar-refractivity contribution in [3.63, 3.8) is 0 Å². The van der Waals surface area contributed by atoms with Crippen molar-refractivity contribution in [2.45, 2.75) is 26.4 Å². The summed E-state index contributed by atoms with van der Waals surface area (Å²) in [4.78, 5) is 9.96. The second kappa shape index (κ2) is 3.72. The fourth-order valence-electron chi connectivity index (χ4n) is 0.242. The quantitative estimate of drug-likeness (QED) is 0.544. The van der Waals surface area contributed by atoms with Gasteiger partial charge < -0.3 is 4.74 Å². The molecule has 0 aromatic rings. The van der Waals surface area contributed by atoms with Crippen LogP contribution >= 0.6 is 11.6 Å². The zero-order valence-electron chi connectivity index (χ0n) is 4.98. The van der Waals surface area contributed by atoms with Gasteiger partial charge in [-0.15, -0.1) is 0 Å². The van der Waals surface area contributed by atoms with Crippen LogP contribution in [0, 0.1) is 0 Å². The maximum absolute atomic E-state index is 9.96. The average Bonchev–Trinajstić information content (AvgIpc) is 1.65. The largest absolute Gasteiger partial charge is 0.451 e. The fourth-order valence-corrected chi connectivity index (χ4v) is 0.394. The number of carbonyl (C=O) groups is 1. The molecule has 0 saturated heterocycles. The third-order valence-corrected chi connectivity index (χ3v) is 0.958. The van der Waals surface area contributed by atoms with Gasteiger partial charge in [0.2, 0.25) is 0 Å².